The number of ether oxygens (including phenoxy) is 2. The molecule has 0 aliphatic rings. The molecule has 0 radical (unpaired) electrons. The van der Waals surface area contributed by atoms with Crippen LogP contribution in [-0.4, -0.2) is 47.9 Å². The molecule has 1 rings (SSSR count). The van der Waals surface area contributed by atoms with Gasteiger partial charge in [-0.25, -0.2) is 9.59 Å². The van der Waals surface area contributed by atoms with Gasteiger partial charge in [0.2, 0.25) is 5.91 Å². The van der Waals surface area contributed by atoms with Crippen LogP contribution in [0.3, 0.4) is 0 Å². The number of benzene rings is 1. The molecule has 1 aromatic rings. The zero-order chi connectivity index (χ0) is 19.9. The van der Waals surface area contributed by atoms with Crippen molar-refractivity contribution >= 4 is 18.0 Å². The second kappa shape index (κ2) is 9.07. The van der Waals surface area contributed by atoms with Crippen LogP contribution in [0.2, 0.25) is 0 Å². The van der Waals surface area contributed by atoms with E-state index in [1.807, 2.05) is 0 Å². The van der Waals surface area contributed by atoms with Crippen LogP contribution >= 0.6 is 0 Å². The topological polar surface area (TPSA) is 114 Å². The summed E-state index contributed by atoms with van der Waals surface area (Å²) in [5, 5.41) is 14.1. The first-order valence-corrected chi connectivity index (χ1v) is 8.17. The molecule has 1 aromatic carbocycles. The number of nitrogens with one attached hydrogen (secondary N) is 2. The average molecular weight is 366 g/mol. The molecule has 0 saturated carbocycles. The normalized spacial score (nSPS) is 13.3. The molecule has 0 saturated heterocycles. The van der Waals surface area contributed by atoms with Crippen LogP contribution in [-0.2, 0) is 20.7 Å². The fraction of sp³-hybridized carbons (Fsp3) is 0.500. The summed E-state index contributed by atoms with van der Waals surface area (Å²) in [7, 11) is 1.54. The lowest BCUT2D eigenvalue weighted by molar-refractivity contribution is -0.142. The van der Waals surface area contributed by atoms with Gasteiger partial charge in [0, 0.05) is 6.42 Å². The van der Waals surface area contributed by atoms with Gasteiger partial charge in [-0.3, -0.25) is 4.79 Å². The number of amides is 2. The van der Waals surface area contributed by atoms with E-state index in [2.05, 4.69) is 10.6 Å². The molecule has 2 atom stereocenters. The van der Waals surface area contributed by atoms with Gasteiger partial charge in [0.25, 0.3) is 0 Å². The van der Waals surface area contributed by atoms with Gasteiger partial charge in [0.05, 0.1) is 7.11 Å². The Morgan fingerprint density at radius 1 is 1.12 bits per heavy atom. The van der Waals surface area contributed by atoms with E-state index in [1.165, 1.54) is 14.0 Å². The lowest BCUT2D eigenvalue weighted by Crippen LogP contribution is -2.51. The molecule has 0 heterocycles. The Hall–Kier alpha value is -2.77. The predicted octanol–water partition coefficient (Wildman–Crippen LogP) is 1.72. The van der Waals surface area contributed by atoms with Crippen molar-refractivity contribution in [3.63, 3.8) is 0 Å². The van der Waals surface area contributed by atoms with Gasteiger partial charge < -0.3 is 25.2 Å². The number of hydrogen-bond acceptors (Lipinski definition) is 5. The summed E-state index contributed by atoms with van der Waals surface area (Å²) in [6.45, 7) is 6.55. The third-order valence-electron chi connectivity index (χ3n) is 3.34. The molecule has 0 unspecified atom stereocenters. The monoisotopic (exact) mass is 366 g/mol. The summed E-state index contributed by atoms with van der Waals surface area (Å²) in [5.74, 6) is -1.13. The van der Waals surface area contributed by atoms with E-state index in [9.17, 15) is 19.5 Å². The zero-order valence-electron chi connectivity index (χ0n) is 15.7. The number of alkyl carbamates (subject to hydrolysis) is 1. The SMILES string of the molecule is COc1ccc(C[C@H](NC(=O)[C@@H](C)NC(=O)OC(C)(C)C)C(=O)O)cc1. The minimum Gasteiger partial charge on any atom is -0.497 e. The number of aliphatic carboxylic acids is 1. The second-order valence-corrected chi connectivity index (χ2v) is 6.82. The summed E-state index contributed by atoms with van der Waals surface area (Å²) < 4.78 is 10.1. The summed E-state index contributed by atoms with van der Waals surface area (Å²) >= 11 is 0. The average Bonchev–Trinajstić information content (AvgIpc) is 2.52. The lowest BCUT2D eigenvalue weighted by atomic mass is 10.1. The molecule has 26 heavy (non-hydrogen) atoms. The largest absolute Gasteiger partial charge is 0.497 e. The van der Waals surface area contributed by atoms with Gasteiger partial charge in [-0.05, 0) is 45.4 Å². The van der Waals surface area contributed by atoms with Crippen molar-refractivity contribution in [1.29, 1.82) is 0 Å². The van der Waals surface area contributed by atoms with E-state index in [4.69, 9.17) is 9.47 Å². The predicted molar refractivity (Wildman–Crippen MR) is 95.1 cm³/mol. The van der Waals surface area contributed by atoms with Crippen molar-refractivity contribution in [3.05, 3.63) is 29.8 Å². The molecule has 144 valence electrons. The van der Waals surface area contributed by atoms with Crippen LogP contribution in [0.4, 0.5) is 4.79 Å². The molecular weight excluding hydrogens is 340 g/mol. The molecule has 0 aromatic heterocycles. The number of carbonyl (C=O) groups excluding carboxylic acids is 2. The highest BCUT2D eigenvalue weighted by Crippen LogP contribution is 2.13. The first-order chi connectivity index (χ1) is 12.0. The zero-order valence-corrected chi connectivity index (χ0v) is 15.7. The second-order valence-electron chi connectivity index (χ2n) is 6.82. The van der Waals surface area contributed by atoms with Crippen LogP contribution in [0, 0.1) is 0 Å². The van der Waals surface area contributed by atoms with E-state index >= 15 is 0 Å². The van der Waals surface area contributed by atoms with Gasteiger partial charge in [-0.15, -0.1) is 0 Å². The van der Waals surface area contributed by atoms with Crippen LogP contribution in [0.1, 0.15) is 33.3 Å². The molecular formula is C18H26N2O6. The highest BCUT2D eigenvalue weighted by Gasteiger charge is 2.25. The van der Waals surface area contributed by atoms with Crippen molar-refractivity contribution < 1.29 is 29.0 Å². The van der Waals surface area contributed by atoms with Gasteiger partial charge >= 0.3 is 12.1 Å². The van der Waals surface area contributed by atoms with Crippen LogP contribution in [0.25, 0.3) is 0 Å². The fourth-order valence-electron chi connectivity index (χ4n) is 2.04. The Kier molecular flexibility index (Phi) is 7.42. The van der Waals surface area contributed by atoms with Crippen molar-refractivity contribution in [2.75, 3.05) is 7.11 Å². The summed E-state index contributed by atoms with van der Waals surface area (Å²) in [6.07, 6.45) is -0.647. The molecule has 8 heteroatoms. The van der Waals surface area contributed by atoms with Crippen molar-refractivity contribution in [2.24, 2.45) is 0 Å². The molecule has 0 bridgehead atoms. The van der Waals surface area contributed by atoms with E-state index < -0.39 is 35.7 Å². The van der Waals surface area contributed by atoms with E-state index in [1.54, 1.807) is 45.0 Å². The molecule has 2 amide bonds. The van der Waals surface area contributed by atoms with Gasteiger partial charge in [-0.2, -0.15) is 0 Å². The molecule has 0 aliphatic heterocycles. The molecule has 3 N–H and O–H groups in total. The summed E-state index contributed by atoms with van der Waals surface area (Å²) in [4.78, 5) is 35.3. The van der Waals surface area contributed by atoms with Crippen molar-refractivity contribution in [1.82, 2.24) is 10.6 Å². The first kappa shape index (κ1) is 21.3. The van der Waals surface area contributed by atoms with Crippen molar-refractivity contribution in [2.45, 2.75) is 51.8 Å². The minimum atomic E-state index is -1.17. The van der Waals surface area contributed by atoms with Crippen LogP contribution in [0.15, 0.2) is 24.3 Å². The molecule has 0 aliphatic carbocycles. The van der Waals surface area contributed by atoms with Gasteiger partial charge in [0.1, 0.15) is 23.4 Å². The highest BCUT2D eigenvalue weighted by molar-refractivity contribution is 5.89. The van der Waals surface area contributed by atoms with E-state index in [0.717, 1.165) is 5.56 Å². The first-order valence-electron chi connectivity index (χ1n) is 8.17. The van der Waals surface area contributed by atoms with E-state index in [-0.39, 0.29) is 6.42 Å². The molecule has 0 fully saturated rings. The number of carbonyl (C=O) groups is 3. The molecule has 8 nitrogen and oxygen atoms in total. The Balaban J connectivity index is 2.66. The fourth-order valence-corrected chi connectivity index (χ4v) is 2.04. The van der Waals surface area contributed by atoms with Gasteiger partial charge in [0.15, 0.2) is 0 Å². The minimum absolute atomic E-state index is 0.101. The Morgan fingerprint density at radius 3 is 2.15 bits per heavy atom. The van der Waals surface area contributed by atoms with Gasteiger partial charge in [-0.1, -0.05) is 12.1 Å². The third kappa shape index (κ3) is 7.42. The van der Waals surface area contributed by atoms with Crippen LogP contribution < -0.4 is 15.4 Å². The smallest absolute Gasteiger partial charge is 0.408 e. The Labute approximate surface area is 152 Å². The standard InChI is InChI=1S/C18H26N2O6/c1-11(19-17(24)26-18(2,3)4)15(21)20-14(16(22)23)10-12-6-8-13(25-5)9-7-12/h6-9,11,14H,10H2,1-5H3,(H,19,24)(H,20,21)(H,22,23)/t11-,14+/m1/s1. The highest BCUT2D eigenvalue weighted by atomic mass is 16.6. The quantitative estimate of drug-likeness (QED) is 0.677. The number of carboxylic acid groups (broad SMARTS) is 1. The summed E-state index contributed by atoms with van der Waals surface area (Å²) in [6, 6.07) is 4.80. The number of rotatable bonds is 7. The maximum atomic E-state index is 12.2. The number of hydrogen-bond donors (Lipinski definition) is 3. The van der Waals surface area contributed by atoms with Crippen molar-refractivity contribution in [3.8, 4) is 5.75 Å². The van der Waals surface area contributed by atoms with E-state index in [0.29, 0.717) is 5.75 Å². The maximum absolute atomic E-state index is 12.2. The lowest BCUT2D eigenvalue weighted by Gasteiger charge is -2.22. The third-order valence-corrected chi connectivity index (χ3v) is 3.34. The summed E-state index contributed by atoms with van der Waals surface area (Å²) in [5.41, 5.74) is 0.0318. The number of carboxylic acids is 1. The molecule has 0 spiro atoms. The maximum Gasteiger partial charge on any atom is 0.408 e. The number of methoxy groups -OCH3 is 1. The Morgan fingerprint density at radius 2 is 1.69 bits per heavy atom. The van der Waals surface area contributed by atoms with Crippen LogP contribution in [0.5, 0.6) is 5.75 Å². The Bertz CT molecular complexity index is 636.